The van der Waals surface area contributed by atoms with Gasteiger partial charge in [-0.2, -0.15) is 0 Å². The fourth-order valence-corrected chi connectivity index (χ4v) is 4.94. The lowest BCUT2D eigenvalue weighted by Gasteiger charge is -2.09. The van der Waals surface area contributed by atoms with E-state index in [1.54, 1.807) is 18.4 Å². The van der Waals surface area contributed by atoms with Crippen LogP contribution in [0, 0.1) is 6.92 Å². The Morgan fingerprint density at radius 2 is 1.90 bits per heavy atom. The molecule has 0 spiro atoms. The Labute approximate surface area is 189 Å². The van der Waals surface area contributed by atoms with E-state index in [1.165, 1.54) is 11.8 Å². The maximum Gasteiger partial charge on any atom is 0.234 e. The monoisotopic (exact) mass is 450 g/mol. The zero-order chi connectivity index (χ0) is 21.8. The van der Waals surface area contributed by atoms with E-state index in [2.05, 4.69) is 27.4 Å². The highest BCUT2D eigenvalue weighted by molar-refractivity contribution is 8.00. The Bertz CT molecular complexity index is 1220. The quantitative estimate of drug-likeness (QED) is 0.382. The van der Waals surface area contributed by atoms with Gasteiger partial charge in [-0.15, -0.1) is 21.5 Å². The van der Waals surface area contributed by atoms with E-state index >= 15 is 0 Å². The van der Waals surface area contributed by atoms with E-state index < -0.39 is 0 Å². The molecule has 2 aromatic heterocycles. The highest BCUT2D eigenvalue weighted by Crippen LogP contribution is 2.35. The van der Waals surface area contributed by atoms with Crippen LogP contribution in [-0.4, -0.2) is 34.0 Å². The molecular formula is C23H22N4O2S2. The summed E-state index contributed by atoms with van der Waals surface area (Å²) in [5.41, 5.74) is 4.49. The van der Waals surface area contributed by atoms with Gasteiger partial charge in [0.25, 0.3) is 0 Å². The van der Waals surface area contributed by atoms with Crippen LogP contribution in [0.4, 0.5) is 5.69 Å². The molecular weight excluding hydrogens is 428 g/mol. The average Bonchev–Trinajstić information content (AvgIpc) is 3.19. The Hall–Kier alpha value is -2.97. The zero-order valence-corrected chi connectivity index (χ0v) is 19.1. The van der Waals surface area contributed by atoms with Crippen molar-refractivity contribution in [2.75, 3.05) is 18.2 Å². The van der Waals surface area contributed by atoms with Crippen LogP contribution in [0.25, 0.3) is 21.5 Å². The van der Waals surface area contributed by atoms with Gasteiger partial charge in [0.05, 0.1) is 22.6 Å². The van der Waals surface area contributed by atoms with Crippen LogP contribution in [0.15, 0.2) is 53.6 Å². The van der Waals surface area contributed by atoms with E-state index in [9.17, 15) is 4.79 Å². The summed E-state index contributed by atoms with van der Waals surface area (Å²) < 4.78 is 6.21. The summed E-state index contributed by atoms with van der Waals surface area (Å²) in [5, 5.41) is 13.5. The van der Waals surface area contributed by atoms with Crippen LogP contribution in [0.2, 0.25) is 0 Å². The molecule has 0 saturated carbocycles. The molecule has 0 bridgehead atoms. The van der Waals surface area contributed by atoms with E-state index in [1.807, 2.05) is 55.5 Å². The Balaban J connectivity index is 1.55. The van der Waals surface area contributed by atoms with Crippen LogP contribution < -0.4 is 10.1 Å². The van der Waals surface area contributed by atoms with Gasteiger partial charge in [-0.3, -0.25) is 4.79 Å². The number of thioether (sulfide) groups is 1. The van der Waals surface area contributed by atoms with Crippen molar-refractivity contribution >= 4 is 44.9 Å². The fourth-order valence-electron chi connectivity index (χ4n) is 3.23. The van der Waals surface area contributed by atoms with Gasteiger partial charge in [-0.1, -0.05) is 36.9 Å². The molecule has 4 rings (SSSR count). The second kappa shape index (κ2) is 9.45. The first-order valence-corrected chi connectivity index (χ1v) is 11.7. The number of amides is 1. The van der Waals surface area contributed by atoms with Crippen molar-refractivity contribution in [1.29, 1.82) is 0 Å². The largest absolute Gasteiger partial charge is 0.497 e. The topological polar surface area (TPSA) is 77.0 Å². The van der Waals surface area contributed by atoms with Gasteiger partial charge < -0.3 is 10.1 Å². The van der Waals surface area contributed by atoms with Crippen LogP contribution in [0.3, 0.4) is 0 Å². The predicted octanol–water partition coefficient (Wildman–Crippen LogP) is 5.36. The maximum absolute atomic E-state index is 12.5. The number of carbonyl (C=O) groups is 1. The van der Waals surface area contributed by atoms with Gasteiger partial charge in [-0.05, 0) is 49.2 Å². The number of methoxy groups -OCH3 is 1. The molecule has 2 heterocycles. The first-order chi connectivity index (χ1) is 15.1. The Kier molecular flexibility index (Phi) is 6.48. The highest BCUT2D eigenvalue weighted by Gasteiger charge is 2.17. The number of nitrogens with one attached hydrogen (secondary N) is 1. The molecule has 0 fully saturated rings. The van der Waals surface area contributed by atoms with Gasteiger partial charge in [0, 0.05) is 11.3 Å². The fraction of sp³-hybridized carbons (Fsp3) is 0.217. The molecule has 1 amide bonds. The van der Waals surface area contributed by atoms with Gasteiger partial charge in [0.15, 0.2) is 0 Å². The number of hydrogen-bond acceptors (Lipinski definition) is 7. The molecule has 2 aromatic carbocycles. The number of anilines is 1. The Morgan fingerprint density at radius 1 is 1.13 bits per heavy atom. The zero-order valence-electron chi connectivity index (χ0n) is 17.5. The average molecular weight is 451 g/mol. The van der Waals surface area contributed by atoms with Gasteiger partial charge >= 0.3 is 0 Å². The predicted molar refractivity (Wildman–Crippen MR) is 127 cm³/mol. The lowest BCUT2D eigenvalue weighted by atomic mass is 10.1. The summed E-state index contributed by atoms with van der Waals surface area (Å²) in [7, 11) is 1.64. The lowest BCUT2D eigenvalue weighted by molar-refractivity contribution is -0.113. The third kappa shape index (κ3) is 4.70. The summed E-state index contributed by atoms with van der Waals surface area (Å²) in [6, 6.07) is 15.6. The third-order valence-corrected chi connectivity index (χ3v) is 6.70. The summed E-state index contributed by atoms with van der Waals surface area (Å²) in [4.78, 5) is 17.2. The summed E-state index contributed by atoms with van der Waals surface area (Å²) in [6.07, 6.45) is 0.862. The minimum atomic E-state index is -0.0768. The number of para-hydroxylation sites is 1. The first kappa shape index (κ1) is 21.3. The number of hydrogen-bond donors (Lipinski definition) is 1. The molecule has 0 radical (unpaired) electrons. The second-order valence-corrected chi connectivity index (χ2v) is 9.01. The Morgan fingerprint density at radius 3 is 2.65 bits per heavy atom. The number of rotatable bonds is 7. The summed E-state index contributed by atoms with van der Waals surface area (Å²) in [6.45, 7) is 4.03. The minimum absolute atomic E-state index is 0.0768. The van der Waals surface area contributed by atoms with Crippen LogP contribution in [0.5, 0.6) is 5.75 Å². The number of nitrogens with zero attached hydrogens (tertiary/aromatic N) is 3. The number of ether oxygens (including phenoxy) is 1. The second-order valence-electron chi connectivity index (χ2n) is 6.84. The molecule has 0 aliphatic heterocycles. The van der Waals surface area contributed by atoms with E-state index in [-0.39, 0.29) is 11.7 Å². The molecule has 0 aliphatic carbocycles. The van der Waals surface area contributed by atoms with Crippen molar-refractivity contribution < 1.29 is 9.53 Å². The first-order valence-electron chi connectivity index (χ1n) is 9.87. The molecule has 158 valence electrons. The van der Waals surface area contributed by atoms with Crippen molar-refractivity contribution in [2.24, 2.45) is 0 Å². The highest BCUT2D eigenvalue weighted by atomic mass is 32.2. The van der Waals surface area contributed by atoms with Crippen molar-refractivity contribution in [1.82, 2.24) is 15.2 Å². The molecule has 4 aromatic rings. The molecule has 31 heavy (non-hydrogen) atoms. The van der Waals surface area contributed by atoms with Crippen LogP contribution in [0.1, 0.15) is 17.5 Å². The number of thiazole rings is 1. The van der Waals surface area contributed by atoms with Gasteiger partial charge in [0.2, 0.25) is 5.91 Å². The molecule has 0 unspecified atom stereocenters. The van der Waals surface area contributed by atoms with Crippen LogP contribution in [-0.2, 0) is 11.2 Å². The van der Waals surface area contributed by atoms with Crippen molar-refractivity contribution in [3.63, 3.8) is 0 Å². The third-order valence-electron chi connectivity index (χ3n) is 4.77. The van der Waals surface area contributed by atoms with Crippen LogP contribution >= 0.6 is 23.1 Å². The van der Waals surface area contributed by atoms with Gasteiger partial charge in [0.1, 0.15) is 22.0 Å². The number of fused-ring (bicyclic) bond motifs is 1. The van der Waals surface area contributed by atoms with Crippen molar-refractivity contribution in [3.8, 4) is 17.0 Å². The summed E-state index contributed by atoms with van der Waals surface area (Å²) in [5.74, 6) is 0.948. The van der Waals surface area contributed by atoms with E-state index in [0.717, 1.165) is 49.9 Å². The number of benzene rings is 2. The molecule has 6 nitrogen and oxygen atoms in total. The molecule has 1 N–H and O–H groups in total. The SMILES string of the molecule is CCc1ccccc1NC(=O)CSc1nnc(-c2ccc(OC)cc2)c2sc(C)nc12. The minimum Gasteiger partial charge on any atom is -0.497 e. The maximum atomic E-state index is 12.5. The molecule has 0 aliphatic rings. The van der Waals surface area contributed by atoms with Gasteiger partial charge in [-0.25, -0.2) is 4.98 Å². The molecule has 0 atom stereocenters. The van der Waals surface area contributed by atoms with E-state index in [4.69, 9.17) is 4.74 Å². The number of aryl methyl sites for hydroxylation is 2. The number of carbonyl (C=O) groups excluding carboxylic acids is 1. The smallest absolute Gasteiger partial charge is 0.234 e. The summed E-state index contributed by atoms with van der Waals surface area (Å²) >= 11 is 2.93. The van der Waals surface area contributed by atoms with E-state index in [0.29, 0.717) is 5.03 Å². The lowest BCUT2D eigenvalue weighted by Crippen LogP contribution is -2.15. The molecule has 8 heteroatoms. The standard InChI is InChI=1S/C23H22N4O2S2/c1-4-15-7-5-6-8-18(15)25-19(28)13-30-23-21-22(31-14(2)24-21)20(26-27-23)16-9-11-17(29-3)12-10-16/h5-12H,4,13H2,1-3H3,(H,25,28). The van der Waals surface area contributed by atoms with Crippen molar-refractivity contribution in [3.05, 3.63) is 59.1 Å². The molecule has 0 saturated heterocycles. The normalized spacial score (nSPS) is 10.9. The number of aromatic nitrogens is 3. The van der Waals surface area contributed by atoms with Crippen molar-refractivity contribution in [2.45, 2.75) is 25.3 Å².